The van der Waals surface area contributed by atoms with E-state index >= 15 is 0 Å². The lowest BCUT2D eigenvalue weighted by atomic mass is 9.84. The van der Waals surface area contributed by atoms with Crippen molar-refractivity contribution in [3.8, 4) is 11.3 Å². The van der Waals surface area contributed by atoms with Crippen LogP contribution >= 0.6 is 11.6 Å². The van der Waals surface area contributed by atoms with E-state index in [9.17, 15) is 4.79 Å². The molecule has 3 aromatic rings. The number of halogens is 1. The van der Waals surface area contributed by atoms with Crippen LogP contribution in [0.15, 0.2) is 54.6 Å². The van der Waals surface area contributed by atoms with Crippen LogP contribution in [-0.2, 0) is 4.79 Å². The Bertz CT molecular complexity index is 873. The molecule has 1 amide bonds. The third-order valence-corrected chi connectivity index (χ3v) is 4.49. The van der Waals surface area contributed by atoms with Gasteiger partial charge in [0.25, 0.3) is 0 Å². The monoisotopic (exact) mass is 323 g/mol. The highest BCUT2D eigenvalue weighted by Crippen LogP contribution is 2.43. The summed E-state index contributed by atoms with van der Waals surface area (Å²) >= 11 is 6.37. The smallest absolute Gasteiger partial charge is 0.226 e. The van der Waals surface area contributed by atoms with Gasteiger partial charge in [0.15, 0.2) is 5.82 Å². The molecule has 1 unspecified atom stereocenters. The molecule has 2 aromatic carbocycles. The zero-order chi connectivity index (χ0) is 15.8. The van der Waals surface area contributed by atoms with E-state index < -0.39 is 0 Å². The minimum absolute atomic E-state index is 0.0477. The Balaban J connectivity index is 1.91. The summed E-state index contributed by atoms with van der Waals surface area (Å²) in [5.41, 5.74) is 3.90. The van der Waals surface area contributed by atoms with Crippen molar-refractivity contribution < 1.29 is 4.79 Å². The lowest BCUT2D eigenvalue weighted by Crippen LogP contribution is -2.23. The van der Waals surface area contributed by atoms with Crippen LogP contribution in [0, 0.1) is 0 Å². The molecule has 0 saturated heterocycles. The van der Waals surface area contributed by atoms with Crippen LogP contribution in [0.25, 0.3) is 11.3 Å². The van der Waals surface area contributed by atoms with Gasteiger partial charge in [-0.05, 0) is 17.2 Å². The standard InChI is InChI=1S/C18H14ClN3O/c19-14-9-5-4-8-12(14)13-10-15(23)20-18-16(13)17(21-22-18)11-6-2-1-3-7-11/h1-9,13H,10H2,(H2,20,21,22,23). The Kier molecular flexibility index (Phi) is 3.39. The number of nitrogens with one attached hydrogen (secondary N) is 2. The summed E-state index contributed by atoms with van der Waals surface area (Å²) in [6.07, 6.45) is 0.357. The summed E-state index contributed by atoms with van der Waals surface area (Å²) < 4.78 is 0. The first-order chi connectivity index (χ1) is 11.2. The minimum Gasteiger partial charge on any atom is -0.309 e. The number of carbonyl (C=O) groups excluding carboxylic acids is 1. The molecule has 23 heavy (non-hydrogen) atoms. The minimum atomic E-state index is -0.110. The highest BCUT2D eigenvalue weighted by molar-refractivity contribution is 6.31. The van der Waals surface area contributed by atoms with Gasteiger partial charge in [0.1, 0.15) is 0 Å². The van der Waals surface area contributed by atoms with Crippen molar-refractivity contribution in [2.45, 2.75) is 12.3 Å². The first-order valence-corrected chi connectivity index (χ1v) is 7.80. The van der Waals surface area contributed by atoms with Crippen LogP contribution in [0.3, 0.4) is 0 Å². The summed E-state index contributed by atoms with van der Waals surface area (Å²) in [6, 6.07) is 17.6. The van der Waals surface area contributed by atoms with E-state index in [-0.39, 0.29) is 11.8 Å². The van der Waals surface area contributed by atoms with Gasteiger partial charge in [-0.3, -0.25) is 9.89 Å². The summed E-state index contributed by atoms with van der Waals surface area (Å²) in [6.45, 7) is 0. The van der Waals surface area contributed by atoms with E-state index in [4.69, 9.17) is 11.6 Å². The Morgan fingerprint density at radius 1 is 1.04 bits per heavy atom. The van der Waals surface area contributed by atoms with E-state index in [2.05, 4.69) is 15.5 Å². The molecule has 2 heterocycles. The normalized spacial score (nSPS) is 16.7. The number of carbonyl (C=O) groups is 1. The average Bonchev–Trinajstić information content (AvgIpc) is 2.99. The van der Waals surface area contributed by atoms with E-state index in [0.29, 0.717) is 17.3 Å². The molecule has 0 fully saturated rings. The molecule has 1 atom stereocenters. The molecule has 114 valence electrons. The van der Waals surface area contributed by atoms with Gasteiger partial charge in [-0.15, -0.1) is 0 Å². The summed E-state index contributed by atoms with van der Waals surface area (Å²) in [5, 5.41) is 10.9. The second-order valence-electron chi connectivity index (χ2n) is 5.55. The number of hydrogen-bond donors (Lipinski definition) is 2. The summed E-state index contributed by atoms with van der Waals surface area (Å²) in [4.78, 5) is 12.1. The van der Waals surface area contributed by atoms with Gasteiger partial charge in [0.2, 0.25) is 5.91 Å². The van der Waals surface area contributed by atoms with E-state index in [1.807, 2.05) is 54.6 Å². The maximum absolute atomic E-state index is 12.1. The van der Waals surface area contributed by atoms with Crippen LogP contribution in [0.1, 0.15) is 23.5 Å². The van der Waals surface area contributed by atoms with Gasteiger partial charge in [-0.25, -0.2) is 0 Å². The van der Waals surface area contributed by atoms with Crippen molar-refractivity contribution in [2.75, 3.05) is 5.32 Å². The van der Waals surface area contributed by atoms with Gasteiger partial charge in [-0.1, -0.05) is 60.1 Å². The van der Waals surface area contributed by atoms with Gasteiger partial charge in [0, 0.05) is 22.9 Å². The van der Waals surface area contributed by atoms with Crippen molar-refractivity contribution >= 4 is 23.3 Å². The number of H-pyrrole nitrogens is 1. The van der Waals surface area contributed by atoms with Crippen molar-refractivity contribution in [3.05, 3.63) is 70.7 Å². The molecule has 5 heteroatoms. The average molecular weight is 324 g/mol. The van der Waals surface area contributed by atoms with Crippen molar-refractivity contribution in [3.63, 3.8) is 0 Å². The van der Waals surface area contributed by atoms with E-state index in [1.165, 1.54) is 0 Å². The van der Waals surface area contributed by atoms with Gasteiger partial charge < -0.3 is 5.32 Å². The number of hydrogen-bond acceptors (Lipinski definition) is 2. The van der Waals surface area contributed by atoms with Crippen molar-refractivity contribution in [1.82, 2.24) is 10.2 Å². The van der Waals surface area contributed by atoms with Crippen LogP contribution in [0.2, 0.25) is 5.02 Å². The largest absolute Gasteiger partial charge is 0.309 e. The summed E-state index contributed by atoms with van der Waals surface area (Å²) in [5.74, 6) is 0.431. The predicted octanol–water partition coefficient (Wildman–Crippen LogP) is 4.20. The fourth-order valence-electron chi connectivity index (χ4n) is 3.10. The van der Waals surface area contributed by atoms with Gasteiger partial charge in [-0.2, -0.15) is 5.10 Å². The lowest BCUT2D eigenvalue weighted by molar-refractivity contribution is -0.116. The zero-order valence-electron chi connectivity index (χ0n) is 12.2. The number of rotatable bonds is 2. The molecule has 4 rings (SSSR count). The number of aromatic amines is 1. The second kappa shape index (κ2) is 5.56. The number of nitrogens with zero attached hydrogens (tertiary/aromatic N) is 1. The fourth-order valence-corrected chi connectivity index (χ4v) is 3.37. The van der Waals surface area contributed by atoms with Crippen molar-refractivity contribution in [1.29, 1.82) is 0 Å². The third-order valence-electron chi connectivity index (χ3n) is 4.14. The first-order valence-electron chi connectivity index (χ1n) is 7.42. The van der Waals surface area contributed by atoms with Gasteiger partial charge >= 0.3 is 0 Å². The van der Waals surface area contributed by atoms with Gasteiger partial charge in [0.05, 0.1) is 5.69 Å². The highest BCUT2D eigenvalue weighted by atomic mass is 35.5. The topological polar surface area (TPSA) is 57.8 Å². The third kappa shape index (κ3) is 2.41. The highest BCUT2D eigenvalue weighted by Gasteiger charge is 2.32. The second-order valence-corrected chi connectivity index (χ2v) is 5.96. The molecule has 4 nitrogen and oxygen atoms in total. The maximum atomic E-state index is 12.1. The van der Waals surface area contributed by atoms with Crippen LogP contribution in [0.4, 0.5) is 5.82 Å². The van der Waals surface area contributed by atoms with Crippen molar-refractivity contribution in [2.24, 2.45) is 0 Å². The maximum Gasteiger partial charge on any atom is 0.226 e. The predicted molar refractivity (Wildman–Crippen MR) is 90.6 cm³/mol. The first kappa shape index (κ1) is 14.0. The quantitative estimate of drug-likeness (QED) is 0.742. The number of aromatic nitrogens is 2. The Labute approximate surface area is 138 Å². The Hall–Kier alpha value is -2.59. The summed E-state index contributed by atoms with van der Waals surface area (Å²) in [7, 11) is 0. The molecule has 2 N–H and O–H groups in total. The number of fused-ring (bicyclic) bond motifs is 1. The molecular weight excluding hydrogens is 310 g/mol. The lowest BCUT2D eigenvalue weighted by Gasteiger charge is -2.24. The molecule has 1 aliphatic rings. The molecule has 1 aliphatic heterocycles. The molecule has 0 saturated carbocycles. The Morgan fingerprint density at radius 2 is 1.78 bits per heavy atom. The molecule has 0 aliphatic carbocycles. The molecular formula is C18H14ClN3O. The Morgan fingerprint density at radius 3 is 2.57 bits per heavy atom. The molecule has 0 radical (unpaired) electrons. The van der Waals surface area contributed by atoms with Crippen LogP contribution in [0.5, 0.6) is 0 Å². The molecule has 0 spiro atoms. The van der Waals surface area contributed by atoms with E-state index in [1.54, 1.807) is 0 Å². The number of amides is 1. The number of benzene rings is 2. The van der Waals surface area contributed by atoms with E-state index in [0.717, 1.165) is 22.4 Å². The zero-order valence-corrected chi connectivity index (χ0v) is 13.0. The molecule has 0 bridgehead atoms. The number of anilines is 1. The SMILES string of the molecule is O=C1CC(c2ccccc2Cl)c2c(n[nH]c2-c2ccccc2)N1. The van der Waals surface area contributed by atoms with Crippen LogP contribution in [-0.4, -0.2) is 16.1 Å². The molecule has 1 aromatic heterocycles. The van der Waals surface area contributed by atoms with Crippen LogP contribution < -0.4 is 5.32 Å². The fraction of sp³-hybridized carbons (Fsp3) is 0.111.